The molecule has 1 heterocycles. The highest BCUT2D eigenvalue weighted by molar-refractivity contribution is 5.96. The molecule has 0 aliphatic carbocycles. The summed E-state index contributed by atoms with van der Waals surface area (Å²) < 4.78 is 18.4. The van der Waals surface area contributed by atoms with Crippen LogP contribution in [0.25, 0.3) is 11.0 Å². The van der Waals surface area contributed by atoms with Gasteiger partial charge in [0, 0.05) is 5.39 Å². The predicted octanol–water partition coefficient (Wildman–Crippen LogP) is 4.06. The van der Waals surface area contributed by atoms with E-state index in [4.69, 9.17) is 4.42 Å². The molecular formula is C17H14FNO2. The van der Waals surface area contributed by atoms with E-state index in [-0.39, 0.29) is 23.5 Å². The highest BCUT2D eigenvalue weighted by Crippen LogP contribution is 2.20. The number of carbonyl (C=O) groups is 1. The molecule has 0 spiro atoms. The normalized spacial score (nSPS) is 12.3. The van der Waals surface area contributed by atoms with E-state index >= 15 is 0 Å². The van der Waals surface area contributed by atoms with Gasteiger partial charge in [0.25, 0.3) is 5.91 Å². The van der Waals surface area contributed by atoms with Crippen molar-refractivity contribution in [3.8, 4) is 0 Å². The Morgan fingerprint density at radius 2 is 1.86 bits per heavy atom. The highest BCUT2D eigenvalue weighted by Gasteiger charge is 2.15. The Balaban J connectivity index is 1.77. The molecule has 2 aromatic carbocycles. The Bertz CT molecular complexity index is 744. The summed E-state index contributed by atoms with van der Waals surface area (Å²) in [7, 11) is 0. The first-order chi connectivity index (χ1) is 10.1. The second kappa shape index (κ2) is 5.40. The first-order valence-corrected chi connectivity index (χ1v) is 6.68. The number of furan rings is 1. The van der Waals surface area contributed by atoms with Gasteiger partial charge in [-0.05, 0) is 36.8 Å². The molecular weight excluding hydrogens is 269 g/mol. The van der Waals surface area contributed by atoms with Crippen LogP contribution < -0.4 is 5.32 Å². The van der Waals surface area contributed by atoms with Gasteiger partial charge in [0.1, 0.15) is 11.4 Å². The molecule has 1 amide bonds. The van der Waals surface area contributed by atoms with Crippen molar-refractivity contribution in [3.63, 3.8) is 0 Å². The predicted molar refractivity (Wildman–Crippen MR) is 78.5 cm³/mol. The first kappa shape index (κ1) is 13.4. The van der Waals surface area contributed by atoms with Crippen molar-refractivity contribution in [1.29, 1.82) is 0 Å². The molecule has 3 nitrogen and oxygen atoms in total. The number of carbonyl (C=O) groups excluding carboxylic acids is 1. The lowest BCUT2D eigenvalue weighted by atomic mass is 10.1. The van der Waals surface area contributed by atoms with E-state index in [0.717, 1.165) is 10.9 Å². The van der Waals surface area contributed by atoms with E-state index in [0.29, 0.717) is 5.58 Å². The van der Waals surface area contributed by atoms with E-state index in [1.54, 1.807) is 18.2 Å². The Hall–Kier alpha value is -2.62. The van der Waals surface area contributed by atoms with Crippen LogP contribution in [0, 0.1) is 5.82 Å². The Morgan fingerprint density at radius 3 is 2.57 bits per heavy atom. The molecule has 0 saturated carbocycles. The molecule has 0 unspecified atom stereocenters. The number of hydrogen-bond acceptors (Lipinski definition) is 2. The largest absolute Gasteiger partial charge is 0.451 e. The van der Waals surface area contributed by atoms with Crippen molar-refractivity contribution < 1.29 is 13.6 Å². The summed E-state index contributed by atoms with van der Waals surface area (Å²) in [5.41, 5.74) is 1.51. The van der Waals surface area contributed by atoms with Gasteiger partial charge in [0.15, 0.2) is 5.76 Å². The minimum atomic E-state index is -0.297. The van der Waals surface area contributed by atoms with Crippen molar-refractivity contribution in [1.82, 2.24) is 5.32 Å². The van der Waals surface area contributed by atoms with Gasteiger partial charge in [-0.1, -0.05) is 30.3 Å². The van der Waals surface area contributed by atoms with Crippen LogP contribution in [-0.2, 0) is 0 Å². The molecule has 0 fully saturated rings. The molecule has 3 aromatic rings. The topological polar surface area (TPSA) is 42.2 Å². The van der Waals surface area contributed by atoms with Crippen LogP contribution >= 0.6 is 0 Å². The van der Waals surface area contributed by atoms with E-state index < -0.39 is 0 Å². The lowest BCUT2D eigenvalue weighted by Crippen LogP contribution is -2.26. The highest BCUT2D eigenvalue weighted by atomic mass is 19.1. The standard InChI is InChI=1S/C17H14FNO2/c1-11(12-6-8-14(18)9-7-12)19-17(20)16-10-13-4-2-3-5-15(13)21-16/h2-11H,1H3,(H,19,20)/t11-/m0/s1. The summed E-state index contributed by atoms with van der Waals surface area (Å²) in [6, 6.07) is 15.0. The van der Waals surface area contributed by atoms with Gasteiger partial charge in [-0.25, -0.2) is 4.39 Å². The molecule has 1 atom stereocenters. The number of hydrogen-bond donors (Lipinski definition) is 1. The molecule has 4 heteroatoms. The zero-order chi connectivity index (χ0) is 14.8. The van der Waals surface area contributed by atoms with Gasteiger partial charge in [-0.3, -0.25) is 4.79 Å². The van der Waals surface area contributed by atoms with E-state index in [1.807, 2.05) is 31.2 Å². The lowest BCUT2D eigenvalue weighted by Gasteiger charge is -2.13. The molecule has 0 bridgehead atoms. The third kappa shape index (κ3) is 2.79. The average Bonchev–Trinajstić information content (AvgIpc) is 2.92. The van der Waals surface area contributed by atoms with Crippen LogP contribution in [0.3, 0.4) is 0 Å². The quantitative estimate of drug-likeness (QED) is 0.787. The van der Waals surface area contributed by atoms with Gasteiger partial charge < -0.3 is 9.73 Å². The molecule has 0 radical (unpaired) electrons. The maximum atomic E-state index is 12.9. The molecule has 0 saturated heterocycles. The van der Waals surface area contributed by atoms with Crippen molar-refractivity contribution >= 4 is 16.9 Å². The number of amides is 1. The minimum absolute atomic E-state index is 0.230. The van der Waals surface area contributed by atoms with Crippen LogP contribution in [0.1, 0.15) is 29.1 Å². The molecule has 0 aliphatic heterocycles. The summed E-state index contributed by atoms with van der Waals surface area (Å²) in [5.74, 6) is -0.317. The Kier molecular flexibility index (Phi) is 3.44. The number of para-hydroxylation sites is 1. The zero-order valence-electron chi connectivity index (χ0n) is 11.5. The fourth-order valence-electron chi connectivity index (χ4n) is 2.20. The second-order valence-corrected chi connectivity index (χ2v) is 4.90. The van der Waals surface area contributed by atoms with Crippen molar-refractivity contribution in [3.05, 3.63) is 71.7 Å². The summed E-state index contributed by atoms with van der Waals surface area (Å²) in [5, 5.41) is 3.72. The Labute approximate surface area is 121 Å². The molecule has 1 aromatic heterocycles. The zero-order valence-corrected chi connectivity index (χ0v) is 11.5. The van der Waals surface area contributed by atoms with Gasteiger partial charge in [-0.2, -0.15) is 0 Å². The van der Waals surface area contributed by atoms with Crippen LogP contribution in [0.4, 0.5) is 4.39 Å². The summed E-state index contributed by atoms with van der Waals surface area (Å²) in [4.78, 5) is 12.2. The molecule has 0 aliphatic rings. The summed E-state index contributed by atoms with van der Waals surface area (Å²) in [6.45, 7) is 1.84. The van der Waals surface area contributed by atoms with Crippen molar-refractivity contribution in [2.75, 3.05) is 0 Å². The number of halogens is 1. The molecule has 3 rings (SSSR count). The molecule has 1 N–H and O–H groups in total. The van der Waals surface area contributed by atoms with E-state index in [1.165, 1.54) is 12.1 Å². The van der Waals surface area contributed by atoms with Crippen LogP contribution in [0.15, 0.2) is 59.0 Å². The molecule has 21 heavy (non-hydrogen) atoms. The smallest absolute Gasteiger partial charge is 0.287 e. The monoisotopic (exact) mass is 283 g/mol. The lowest BCUT2D eigenvalue weighted by molar-refractivity contribution is 0.0914. The first-order valence-electron chi connectivity index (χ1n) is 6.68. The van der Waals surface area contributed by atoms with E-state index in [2.05, 4.69) is 5.32 Å². The maximum absolute atomic E-state index is 12.9. The van der Waals surface area contributed by atoms with Crippen molar-refractivity contribution in [2.24, 2.45) is 0 Å². The summed E-state index contributed by atoms with van der Waals surface area (Å²) >= 11 is 0. The third-order valence-electron chi connectivity index (χ3n) is 3.37. The second-order valence-electron chi connectivity index (χ2n) is 4.90. The van der Waals surface area contributed by atoms with Gasteiger partial charge in [0.05, 0.1) is 6.04 Å². The third-order valence-corrected chi connectivity index (χ3v) is 3.37. The maximum Gasteiger partial charge on any atom is 0.287 e. The van der Waals surface area contributed by atoms with Gasteiger partial charge in [0.2, 0.25) is 0 Å². The summed E-state index contributed by atoms with van der Waals surface area (Å²) in [6.07, 6.45) is 0. The number of benzene rings is 2. The van der Waals surface area contributed by atoms with Crippen LogP contribution in [0.2, 0.25) is 0 Å². The fraction of sp³-hybridized carbons (Fsp3) is 0.118. The van der Waals surface area contributed by atoms with Crippen LogP contribution in [-0.4, -0.2) is 5.91 Å². The fourth-order valence-corrected chi connectivity index (χ4v) is 2.20. The van der Waals surface area contributed by atoms with Gasteiger partial charge >= 0.3 is 0 Å². The van der Waals surface area contributed by atoms with Gasteiger partial charge in [-0.15, -0.1) is 0 Å². The number of fused-ring (bicyclic) bond motifs is 1. The number of rotatable bonds is 3. The minimum Gasteiger partial charge on any atom is -0.451 e. The van der Waals surface area contributed by atoms with E-state index in [9.17, 15) is 9.18 Å². The molecule has 106 valence electrons. The van der Waals surface area contributed by atoms with Crippen LogP contribution in [0.5, 0.6) is 0 Å². The van der Waals surface area contributed by atoms with Crippen molar-refractivity contribution in [2.45, 2.75) is 13.0 Å². The number of nitrogens with one attached hydrogen (secondary N) is 1. The average molecular weight is 283 g/mol. The Morgan fingerprint density at radius 1 is 1.14 bits per heavy atom. The SMILES string of the molecule is C[C@H](NC(=O)c1cc2ccccc2o1)c1ccc(F)cc1.